The van der Waals surface area contributed by atoms with E-state index in [4.69, 9.17) is 15.6 Å². The fraction of sp³-hybridized carbons (Fsp3) is 0.667. The number of ether oxygens (including phenoxy) is 1. The minimum atomic E-state index is 0.523. The second-order valence-corrected chi connectivity index (χ2v) is 4.78. The number of hydrazine groups is 1. The molecule has 0 saturated heterocycles. The lowest BCUT2D eigenvalue weighted by atomic mass is 10.1. The molecule has 0 radical (unpaired) electrons. The summed E-state index contributed by atoms with van der Waals surface area (Å²) < 4.78 is 5.43. The molecule has 92 valence electrons. The fourth-order valence-corrected chi connectivity index (χ4v) is 2.74. The highest BCUT2D eigenvalue weighted by atomic mass is 16.5. The van der Waals surface area contributed by atoms with E-state index >= 15 is 0 Å². The molecular weight excluding hydrogens is 216 g/mol. The second kappa shape index (κ2) is 4.58. The molecule has 0 amide bonds. The number of nitrogen functional groups attached to an aromatic ring is 1. The number of anilines is 1. The van der Waals surface area contributed by atoms with Crippen LogP contribution < -0.4 is 11.3 Å². The zero-order valence-electron chi connectivity index (χ0n) is 9.91. The average molecular weight is 234 g/mol. The lowest BCUT2D eigenvalue weighted by Gasteiger charge is -2.20. The third kappa shape index (κ3) is 2.00. The summed E-state index contributed by atoms with van der Waals surface area (Å²) in [5, 5.41) is 0. The molecule has 1 saturated carbocycles. The summed E-state index contributed by atoms with van der Waals surface area (Å²) in [5.41, 5.74) is 4.83. The first-order valence-electron chi connectivity index (χ1n) is 6.32. The standard InChI is InChI=1S/C12H18N4O/c13-16-12-9-7-17-6-5-10(9)14-11(15-12)8-3-1-2-4-8/h8H,1-7,13H2,(H,14,15,16). The normalized spacial score (nSPS) is 20.3. The molecule has 0 unspecified atom stereocenters. The molecule has 0 spiro atoms. The topological polar surface area (TPSA) is 73.1 Å². The molecule has 1 aromatic heterocycles. The van der Waals surface area contributed by atoms with Gasteiger partial charge in [-0.15, -0.1) is 0 Å². The van der Waals surface area contributed by atoms with Gasteiger partial charge < -0.3 is 10.2 Å². The number of fused-ring (bicyclic) bond motifs is 1. The Morgan fingerprint density at radius 3 is 2.82 bits per heavy atom. The third-order valence-electron chi connectivity index (χ3n) is 3.70. The van der Waals surface area contributed by atoms with Crippen molar-refractivity contribution in [1.82, 2.24) is 9.97 Å². The van der Waals surface area contributed by atoms with Gasteiger partial charge in [0.1, 0.15) is 11.6 Å². The number of nitrogens with zero attached hydrogens (tertiary/aromatic N) is 2. The van der Waals surface area contributed by atoms with Crippen LogP contribution >= 0.6 is 0 Å². The number of aromatic nitrogens is 2. The maximum Gasteiger partial charge on any atom is 0.149 e. The molecule has 2 heterocycles. The van der Waals surface area contributed by atoms with Crippen molar-refractivity contribution in [1.29, 1.82) is 0 Å². The summed E-state index contributed by atoms with van der Waals surface area (Å²) in [6.07, 6.45) is 5.87. The van der Waals surface area contributed by atoms with Crippen molar-refractivity contribution < 1.29 is 4.74 Å². The Bertz CT molecular complexity index is 398. The molecule has 1 aromatic rings. The summed E-state index contributed by atoms with van der Waals surface area (Å²) in [5.74, 6) is 7.78. The highest BCUT2D eigenvalue weighted by Crippen LogP contribution is 2.34. The fourth-order valence-electron chi connectivity index (χ4n) is 2.74. The first-order valence-corrected chi connectivity index (χ1v) is 6.32. The van der Waals surface area contributed by atoms with E-state index < -0.39 is 0 Å². The van der Waals surface area contributed by atoms with Crippen LogP contribution in [0.2, 0.25) is 0 Å². The van der Waals surface area contributed by atoms with Crippen molar-refractivity contribution in [3.63, 3.8) is 0 Å². The van der Waals surface area contributed by atoms with Gasteiger partial charge in [-0.3, -0.25) is 0 Å². The minimum absolute atomic E-state index is 0.523. The van der Waals surface area contributed by atoms with Gasteiger partial charge in [0.2, 0.25) is 0 Å². The van der Waals surface area contributed by atoms with Crippen molar-refractivity contribution in [2.24, 2.45) is 5.84 Å². The Morgan fingerprint density at radius 1 is 1.24 bits per heavy atom. The van der Waals surface area contributed by atoms with Gasteiger partial charge in [0, 0.05) is 17.9 Å². The first-order chi connectivity index (χ1) is 8.38. The molecule has 0 bridgehead atoms. The maximum absolute atomic E-state index is 5.55. The van der Waals surface area contributed by atoms with Crippen LogP contribution in [0.5, 0.6) is 0 Å². The molecule has 1 fully saturated rings. The second-order valence-electron chi connectivity index (χ2n) is 4.78. The van der Waals surface area contributed by atoms with Crippen LogP contribution in [0.25, 0.3) is 0 Å². The van der Waals surface area contributed by atoms with Crippen LogP contribution in [-0.4, -0.2) is 16.6 Å². The maximum atomic E-state index is 5.55. The highest BCUT2D eigenvalue weighted by molar-refractivity contribution is 5.46. The van der Waals surface area contributed by atoms with Crippen LogP contribution in [-0.2, 0) is 17.8 Å². The van der Waals surface area contributed by atoms with Crippen molar-refractivity contribution >= 4 is 5.82 Å². The van der Waals surface area contributed by atoms with Gasteiger partial charge in [0.25, 0.3) is 0 Å². The SMILES string of the molecule is NNc1nc(C2CCCC2)nc2c1COCC2. The zero-order valence-corrected chi connectivity index (χ0v) is 9.91. The summed E-state index contributed by atoms with van der Waals surface area (Å²) in [6.45, 7) is 1.32. The highest BCUT2D eigenvalue weighted by Gasteiger charge is 2.24. The summed E-state index contributed by atoms with van der Waals surface area (Å²) in [7, 11) is 0. The Labute approximate surface area is 101 Å². The van der Waals surface area contributed by atoms with Gasteiger partial charge in [0.15, 0.2) is 0 Å². The van der Waals surface area contributed by atoms with Gasteiger partial charge in [0.05, 0.1) is 18.9 Å². The van der Waals surface area contributed by atoms with E-state index in [9.17, 15) is 0 Å². The molecule has 0 aromatic carbocycles. The molecule has 5 heteroatoms. The van der Waals surface area contributed by atoms with E-state index in [1.165, 1.54) is 25.7 Å². The zero-order chi connectivity index (χ0) is 11.7. The molecule has 5 nitrogen and oxygen atoms in total. The molecular formula is C12H18N4O. The molecule has 0 atom stereocenters. The van der Waals surface area contributed by atoms with Crippen LogP contribution in [0.15, 0.2) is 0 Å². The summed E-state index contributed by atoms with van der Waals surface area (Å²) in [6, 6.07) is 0. The van der Waals surface area contributed by atoms with E-state index in [1.54, 1.807) is 0 Å². The van der Waals surface area contributed by atoms with Crippen LogP contribution in [0.1, 0.15) is 48.7 Å². The molecule has 3 rings (SSSR count). The number of nitrogens with two attached hydrogens (primary N) is 1. The van der Waals surface area contributed by atoms with Gasteiger partial charge in [-0.05, 0) is 12.8 Å². The van der Waals surface area contributed by atoms with Crippen LogP contribution in [0.4, 0.5) is 5.82 Å². The Hall–Kier alpha value is -1.20. The van der Waals surface area contributed by atoms with E-state index in [0.29, 0.717) is 12.5 Å². The summed E-state index contributed by atoms with van der Waals surface area (Å²) >= 11 is 0. The summed E-state index contributed by atoms with van der Waals surface area (Å²) in [4.78, 5) is 9.28. The van der Waals surface area contributed by atoms with E-state index in [-0.39, 0.29) is 0 Å². The van der Waals surface area contributed by atoms with Crippen molar-refractivity contribution in [3.8, 4) is 0 Å². The lowest BCUT2D eigenvalue weighted by molar-refractivity contribution is 0.109. The molecule has 2 aliphatic rings. The minimum Gasteiger partial charge on any atom is -0.376 e. The van der Waals surface area contributed by atoms with Gasteiger partial charge in [-0.1, -0.05) is 12.8 Å². The largest absolute Gasteiger partial charge is 0.376 e. The van der Waals surface area contributed by atoms with Crippen molar-refractivity contribution in [2.45, 2.75) is 44.6 Å². The van der Waals surface area contributed by atoms with Gasteiger partial charge in [-0.25, -0.2) is 15.8 Å². The van der Waals surface area contributed by atoms with Crippen LogP contribution in [0, 0.1) is 0 Å². The quantitative estimate of drug-likeness (QED) is 0.599. The molecule has 17 heavy (non-hydrogen) atoms. The van der Waals surface area contributed by atoms with Gasteiger partial charge >= 0.3 is 0 Å². The number of hydrogen-bond donors (Lipinski definition) is 2. The molecule has 3 N–H and O–H groups in total. The lowest BCUT2D eigenvalue weighted by Crippen LogP contribution is -2.21. The van der Waals surface area contributed by atoms with E-state index in [0.717, 1.165) is 35.9 Å². The monoisotopic (exact) mass is 234 g/mol. The number of rotatable bonds is 2. The van der Waals surface area contributed by atoms with Crippen molar-refractivity contribution in [3.05, 3.63) is 17.1 Å². The smallest absolute Gasteiger partial charge is 0.149 e. The average Bonchev–Trinajstić information content (AvgIpc) is 2.91. The van der Waals surface area contributed by atoms with Crippen LogP contribution in [0.3, 0.4) is 0 Å². The third-order valence-corrected chi connectivity index (χ3v) is 3.70. The predicted molar refractivity (Wildman–Crippen MR) is 64.4 cm³/mol. The Balaban J connectivity index is 1.99. The van der Waals surface area contributed by atoms with E-state index in [2.05, 4.69) is 10.4 Å². The van der Waals surface area contributed by atoms with Crippen molar-refractivity contribution in [2.75, 3.05) is 12.0 Å². The Morgan fingerprint density at radius 2 is 2.06 bits per heavy atom. The Kier molecular flexibility index (Phi) is 2.94. The predicted octanol–water partition coefficient (Wildman–Crippen LogP) is 1.49. The van der Waals surface area contributed by atoms with Gasteiger partial charge in [-0.2, -0.15) is 0 Å². The number of hydrogen-bond acceptors (Lipinski definition) is 5. The van der Waals surface area contributed by atoms with E-state index in [1.807, 2.05) is 0 Å². The first kappa shape index (κ1) is 10.9. The number of nitrogens with one attached hydrogen (secondary N) is 1. The molecule has 1 aliphatic carbocycles. The molecule has 1 aliphatic heterocycles.